The lowest BCUT2D eigenvalue weighted by atomic mass is 9.76. The minimum absolute atomic E-state index is 0.0176. The minimum Gasteiger partial charge on any atom is -0.388 e. The van der Waals surface area contributed by atoms with Gasteiger partial charge in [0.15, 0.2) is 6.04 Å². The van der Waals surface area contributed by atoms with Crippen LogP contribution in [0.5, 0.6) is 0 Å². The first-order valence-electron chi connectivity index (χ1n) is 11.7. The SMILES string of the molecule is O=C(NC[C@]1(O)CCC2CCCCC21)C1CNCC[N+]12CCCCCCC2. The van der Waals surface area contributed by atoms with E-state index in [-0.39, 0.29) is 11.9 Å². The molecular weight excluding hydrogens is 338 g/mol. The van der Waals surface area contributed by atoms with Crippen molar-refractivity contribution in [1.29, 1.82) is 0 Å². The van der Waals surface area contributed by atoms with Crippen molar-refractivity contribution in [2.45, 2.75) is 82.3 Å². The molecule has 0 aromatic heterocycles. The van der Waals surface area contributed by atoms with E-state index in [1.165, 1.54) is 51.4 Å². The van der Waals surface area contributed by atoms with Crippen LogP contribution in [0, 0.1) is 11.8 Å². The lowest BCUT2D eigenvalue weighted by Crippen LogP contribution is -2.70. The number of hydrogen-bond acceptors (Lipinski definition) is 3. The molecule has 2 saturated heterocycles. The summed E-state index contributed by atoms with van der Waals surface area (Å²) in [5.74, 6) is 1.26. The van der Waals surface area contributed by atoms with Gasteiger partial charge >= 0.3 is 0 Å². The monoisotopic (exact) mass is 378 g/mol. The molecule has 3 N–H and O–H groups in total. The number of carbonyl (C=O) groups excluding carboxylic acids is 1. The summed E-state index contributed by atoms with van der Waals surface area (Å²) in [7, 11) is 0. The number of aliphatic hydroxyl groups is 1. The summed E-state index contributed by atoms with van der Waals surface area (Å²) < 4.78 is 0.976. The number of hydrogen-bond donors (Lipinski definition) is 3. The van der Waals surface area contributed by atoms with Crippen molar-refractivity contribution >= 4 is 5.91 Å². The fourth-order valence-corrected chi connectivity index (χ4v) is 6.72. The molecule has 2 heterocycles. The molecule has 0 aromatic carbocycles. The zero-order valence-electron chi connectivity index (χ0n) is 17.1. The average molecular weight is 379 g/mol. The molecule has 5 heteroatoms. The van der Waals surface area contributed by atoms with Crippen molar-refractivity contribution < 1.29 is 14.4 Å². The first kappa shape index (κ1) is 19.7. The molecule has 3 unspecified atom stereocenters. The quantitative estimate of drug-likeness (QED) is 0.660. The number of nitrogens with zero attached hydrogens (tertiary/aromatic N) is 1. The van der Waals surface area contributed by atoms with E-state index >= 15 is 0 Å². The third kappa shape index (κ3) is 4.06. The van der Waals surface area contributed by atoms with E-state index in [4.69, 9.17) is 0 Å². The summed E-state index contributed by atoms with van der Waals surface area (Å²) in [6.07, 6.45) is 13.4. The molecular formula is C22H40N3O2+. The zero-order valence-corrected chi connectivity index (χ0v) is 17.1. The largest absolute Gasteiger partial charge is 0.388 e. The van der Waals surface area contributed by atoms with Gasteiger partial charge in [-0.2, -0.15) is 0 Å². The second-order valence-corrected chi connectivity index (χ2v) is 9.89. The number of fused-ring (bicyclic) bond motifs is 1. The van der Waals surface area contributed by atoms with E-state index in [2.05, 4.69) is 10.6 Å². The maximum atomic E-state index is 13.3. The summed E-state index contributed by atoms with van der Waals surface area (Å²) in [6, 6.07) is 0.0176. The number of rotatable bonds is 3. The molecule has 1 amide bonds. The Balaban J connectivity index is 1.40. The predicted molar refractivity (Wildman–Crippen MR) is 107 cm³/mol. The van der Waals surface area contributed by atoms with Crippen molar-refractivity contribution in [2.24, 2.45) is 11.8 Å². The molecule has 4 rings (SSSR count). The van der Waals surface area contributed by atoms with Gasteiger partial charge in [-0.3, -0.25) is 4.79 Å². The molecule has 0 aromatic rings. The average Bonchev–Trinajstić information content (AvgIpc) is 3.01. The van der Waals surface area contributed by atoms with E-state index in [1.807, 2.05) is 0 Å². The smallest absolute Gasteiger partial charge is 0.279 e. The van der Waals surface area contributed by atoms with Crippen molar-refractivity contribution in [3.63, 3.8) is 0 Å². The Morgan fingerprint density at radius 3 is 2.56 bits per heavy atom. The third-order valence-corrected chi connectivity index (χ3v) is 8.36. The summed E-state index contributed by atoms with van der Waals surface area (Å²) in [4.78, 5) is 13.3. The van der Waals surface area contributed by atoms with E-state index in [0.717, 1.165) is 56.5 Å². The fourth-order valence-electron chi connectivity index (χ4n) is 6.72. The highest BCUT2D eigenvalue weighted by Crippen LogP contribution is 2.47. The van der Waals surface area contributed by atoms with Crippen molar-refractivity contribution in [2.75, 3.05) is 39.3 Å². The van der Waals surface area contributed by atoms with Gasteiger partial charge in [0, 0.05) is 13.1 Å². The van der Waals surface area contributed by atoms with Crippen LogP contribution in [-0.4, -0.2) is 66.4 Å². The van der Waals surface area contributed by atoms with Crippen LogP contribution in [0.2, 0.25) is 0 Å². The summed E-state index contributed by atoms with van der Waals surface area (Å²) >= 11 is 0. The highest BCUT2D eigenvalue weighted by molar-refractivity contribution is 5.81. The topological polar surface area (TPSA) is 61.4 Å². The highest BCUT2D eigenvalue weighted by atomic mass is 16.3. The molecule has 27 heavy (non-hydrogen) atoms. The van der Waals surface area contributed by atoms with E-state index in [0.29, 0.717) is 18.4 Å². The Morgan fingerprint density at radius 1 is 1.00 bits per heavy atom. The van der Waals surface area contributed by atoms with Gasteiger partial charge in [-0.05, 0) is 56.8 Å². The number of nitrogens with one attached hydrogen (secondary N) is 2. The van der Waals surface area contributed by atoms with Crippen LogP contribution in [0.3, 0.4) is 0 Å². The molecule has 4 atom stereocenters. The maximum absolute atomic E-state index is 13.3. The Morgan fingerprint density at radius 2 is 1.74 bits per heavy atom. The molecule has 0 bridgehead atoms. The molecule has 0 radical (unpaired) electrons. The van der Waals surface area contributed by atoms with Crippen LogP contribution in [0.15, 0.2) is 0 Å². The molecule has 4 aliphatic rings. The number of piperazine rings is 1. The molecule has 2 aliphatic carbocycles. The normalized spacial score (nSPS) is 39.4. The predicted octanol–water partition coefficient (Wildman–Crippen LogP) is 2.19. The van der Waals surface area contributed by atoms with Gasteiger partial charge in [0.1, 0.15) is 0 Å². The minimum atomic E-state index is -0.663. The van der Waals surface area contributed by atoms with Crippen LogP contribution in [0.25, 0.3) is 0 Å². The summed E-state index contributed by atoms with van der Waals surface area (Å²) in [5, 5.41) is 18.0. The molecule has 1 spiro atoms. The highest BCUT2D eigenvalue weighted by Gasteiger charge is 2.49. The third-order valence-electron chi connectivity index (χ3n) is 8.36. The van der Waals surface area contributed by atoms with Crippen molar-refractivity contribution in [1.82, 2.24) is 10.6 Å². The van der Waals surface area contributed by atoms with Gasteiger partial charge in [0.05, 0.1) is 31.8 Å². The lowest BCUT2D eigenvalue weighted by molar-refractivity contribution is -0.945. The van der Waals surface area contributed by atoms with Gasteiger partial charge in [0.2, 0.25) is 0 Å². The van der Waals surface area contributed by atoms with E-state index < -0.39 is 5.60 Å². The number of quaternary nitrogens is 1. The van der Waals surface area contributed by atoms with Gasteiger partial charge < -0.3 is 20.2 Å². The maximum Gasteiger partial charge on any atom is 0.279 e. The van der Waals surface area contributed by atoms with Crippen molar-refractivity contribution in [3.05, 3.63) is 0 Å². The molecule has 2 saturated carbocycles. The van der Waals surface area contributed by atoms with Gasteiger partial charge in [0.25, 0.3) is 5.91 Å². The lowest BCUT2D eigenvalue weighted by Gasteiger charge is -2.48. The Bertz CT molecular complexity index is 518. The van der Waals surface area contributed by atoms with Gasteiger partial charge in [-0.1, -0.05) is 25.7 Å². The molecule has 5 nitrogen and oxygen atoms in total. The van der Waals surface area contributed by atoms with Crippen molar-refractivity contribution in [3.8, 4) is 0 Å². The summed E-state index contributed by atoms with van der Waals surface area (Å²) in [6.45, 7) is 5.65. The zero-order chi connectivity index (χ0) is 18.7. The van der Waals surface area contributed by atoms with Crippen LogP contribution >= 0.6 is 0 Å². The standard InChI is InChI=1S/C22H39N3O2/c26-21(24-17-22(27)11-10-18-8-4-5-9-19(18)22)20-16-23-12-15-25(20)13-6-2-1-3-7-14-25/h18-20,23,27H,1-17H2/p+1/t18?,19?,20?,22-/m1/s1. The Kier molecular flexibility index (Phi) is 6.10. The van der Waals surface area contributed by atoms with E-state index in [1.54, 1.807) is 0 Å². The van der Waals surface area contributed by atoms with Gasteiger partial charge in [-0.25, -0.2) is 0 Å². The fraction of sp³-hybridized carbons (Fsp3) is 0.955. The molecule has 154 valence electrons. The van der Waals surface area contributed by atoms with E-state index in [9.17, 15) is 9.90 Å². The van der Waals surface area contributed by atoms with Crippen LogP contribution in [-0.2, 0) is 4.79 Å². The van der Waals surface area contributed by atoms with Crippen LogP contribution in [0.4, 0.5) is 0 Å². The van der Waals surface area contributed by atoms with Crippen LogP contribution in [0.1, 0.15) is 70.6 Å². The molecule has 4 fully saturated rings. The Hall–Kier alpha value is -0.650. The Labute approximate surface area is 164 Å². The first-order valence-corrected chi connectivity index (χ1v) is 11.7. The second kappa shape index (κ2) is 8.38. The van der Waals surface area contributed by atoms with Gasteiger partial charge in [-0.15, -0.1) is 0 Å². The first-order chi connectivity index (χ1) is 13.1. The number of amides is 1. The number of carbonyl (C=O) groups is 1. The summed E-state index contributed by atoms with van der Waals surface area (Å²) in [5.41, 5.74) is -0.663. The second-order valence-electron chi connectivity index (χ2n) is 9.89. The molecule has 2 aliphatic heterocycles. The van der Waals surface area contributed by atoms with Crippen LogP contribution < -0.4 is 10.6 Å².